The Labute approximate surface area is 142 Å². The lowest BCUT2D eigenvalue weighted by molar-refractivity contribution is 0.0993. The summed E-state index contributed by atoms with van der Waals surface area (Å²) in [6.07, 6.45) is 3.45. The van der Waals surface area contributed by atoms with Crippen LogP contribution in [0.4, 0.5) is 0 Å². The third-order valence-corrected chi connectivity index (χ3v) is 4.89. The fourth-order valence-electron chi connectivity index (χ4n) is 3.26. The van der Waals surface area contributed by atoms with Crippen molar-refractivity contribution < 1.29 is 9.53 Å². The maximum atomic E-state index is 11.5. The van der Waals surface area contributed by atoms with Crippen LogP contribution < -0.4 is 10.5 Å². The van der Waals surface area contributed by atoms with Crippen molar-refractivity contribution in [2.75, 3.05) is 26.2 Å². The minimum absolute atomic E-state index is 0.0857. The molecule has 1 aliphatic heterocycles. The lowest BCUT2D eigenvalue weighted by Gasteiger charge is -2.39. The lowest BCUT2D eigenvalue weighted by Crippen LogP contribution is -2.43. The molecule has 0 atom stereocenters. The summed E-state index contributed by atoms with van der Waals surface area (Å²) < 4.78 is 5.76. The third kappa shape index (κ3) is 3.59. The molecule has 2 aromatic rings. The molecule has 24 heavy (non-hydrogen) atoms. The summed E-state index contributed by atoms with van der Waals surface area (Å²) in [6.45, 7) is 5.68. The molecule has 1 aliphatic rings. The number of hydrogen-bond acceptors (Lipinski definition) is 4. The summed E-state index contributed by atoms with van der Waals surface area (Å²) in [5.74, 6) is 0.488. The van der Waals surface area contributed by atoms with Crippen LogP contribution in [-0.4, -0.2) is 47.2 Å². The van der Waals surface area contributed by atoms with Gasteiger partial charge in [-0.15, -0.1) is 0 Å². The molecule has 1 aromatic carbocycles. The molecule has 0 unspecified atom stereocenters. The molecule has 0 spiro atoms. The Hall–Kier alpha value is -2.34. The summed E-state index contributed by atoms with van der Waals surface area (Å²) in [5, 5.41) is 6.99. The summed E-state index contributed by atoms with van der Waals surface area (Å²) >= 11 is 0. The number of aromatic amines is 1. The second-order valence-electron chi connectivity index (χ2n) is 6.59. The van der Waals surface area contributed by atoms with Gasteiger partial charge in [-0.25, -0.2) is 0 Å². The molecule has 3 rings (SSSR count). The fraction of sp³-hybridized carbons (Fsp3) is 0.444. The van der Waals surface area contributed by atoms with Crippen molar-refractivity contribution >= 4 is 5.91 Å². The molecule has 2 heterocycles. The summed E-state index contributed by atoms with van der Waals surface area (Å²) in [6, 6.07) is 9.87. The van der Waals surface area contributed by atoms with Gasteiger partial charge in [0.1, 0.15) is 12.4 Å². The topological polar surface area (TPSA) is 84.2 Å². The smallest absolute Gasteiger partial charge is 0.252 e. The van der Waals surface area contributed by atoms with Gasteiger partial charge in [-0.3, -0.25) is 14.8 Å². The highest BCUT2D eigenvalue weighted by atomic mass is 16.5. The highest BCUT2D eigenvalue weighted by Gasteiger charge is 2.35. The molecule has 0 saturated carbocycles. The quantitative estimate of drug-likeness (QED) is 0.849. The van der Waals surface area contributed by atoms with Gasteiger partial charge in [-0.1, -0.05) is 25.1 Å². The van der Waals surface area contributed by atoms with Gasteiger partial charge >= 0.3 is 0 Å². The number of nitrogens with one attached hydrogen (secondary N) is 1. The van der Waals surface area contributed by atoms with Crippen molar-refractivity contribution in [2.24, 2.45) is 5.73 Å². The highest BCUT2D eigenvalue weighted by Crippen LogP contribution is 2.35. The number of hydrogen-bond donors (Lipinski definition) is 2. The van der Waals surface area contributed by atoms with Gasteiger partial charge < -0.3 is 10.5 Å². The van der Waals surface area contributed by atoms with E-state index in [1.165, 1.54) is 6.20 Å². The summed E-state index contributed by atoms with van der Waals surface area (Å²) in [7, 11) is 0. The number of para-hydroxylation sites is 1. The van der Waals surface area contributed by atoms with Crippen LogP contribution in [0.1, 0.15) is 35.8 Å². The Bertz CT molecular complexity index is 675. The lowest BCUT2D eigenvalue weighted by atomic mass is 9.76. The van der Waals surface area contributed by atoms with Gasteiger partial charge in [0.2, 0.25) is 0 Å². The van der Waals surface area contributed by atoms with E-state index in [0.29, 0.717) is 12.2 Å². The first-order chi connectivity index (χ1) is 11.6. The van der Waals surface area contributed by atoms with E-state index in [0.717, 1.165) is 43.9 Å². The number of H-pyrrole nitrogens is 1. The first kappa shape index (κ1) is 16.5. The molecule has 0 aliphatic carbocycles. The molecule has 3 N–H and O–H groups in total. The fourth-order valence-corrected chi connectivity index (χ4v) is 3.26. The van der Waals surface area contributed by atoms with E-state index < -0.39 is 5.91 Å². The van der Waals surface area contributed by atoms with Crippen LogP contribution in [0, 0.1) is 0 Å². The van der Waals surface area contributed by atoms with Crippen molar-refractivity contribution in [3.05, 3.63) is 47.8 Å². The molecular formula is C18H24N4O2. The minimum atomic E-state index is -0.418. The largest absolute Gasteiger partial charge is 0.492 e. The molecule has 1 saturated heterocycles. The van der Waals surface area contributed by atoms with Gasteiger partial charge in [0, 0.05) is 12.0 Å². The minimum Gasteiger partial charge on any atom is -0.492 e. The summed E-state index contributed by atoms with van der Waals surface area (Å²) in [4.78, 5) is 13.9. The molecule has 6 nitrogen and oxygen atoms in total. The van der Waals surface area contributed by atoms with Crippen LogP contribution in [0.5, 0.6) is 5.75 Å². The van der Waals surface area contributed by atoms with Gasteiger partial charge in [0.05, 0.1) is 17.5 Å². The van der Waals surface area contributed by atoms with Crippen LogP contribution in [0.25, 0.3) is 0 Å². The number of rotatable bonds is 6. The van der Waals surface area contributed by atoms with E-state index in [1.807, 2.05) is 30.3 Å². The Morgan fingerprint density at radius 1 is 1.33 bits per heavy atom. The zero-order valence-electron chi connectivity index (χ0n) is 14.0. The number of primary amides is 1. The first-order valence-corrected chi connectivity index (χ1v) is 8.32. The average Bonchev–Trinajstić information content (AvgIpc) is 3.09. The number of carbonyl (C=O) groups excluding carboxylic acids is 1. The van der Waals surface area contributed by atoms with Gasteiger partial charge in [0.15, 0.2) is 0 Å². The van der Waals surface area contributed by atoms with E-state index in [2.05, 4.69) is 22.0 Å². The predicted molar refractivity (Wildman–Crippen MR) is 92.1 cm³/mol. The van der Waals surface area contributed by atoms with Crippen LogP contribution in [0.15, 0.2) is 36.5 Å². The second-order valence-corrected chi connectivity index (χ2v) is 6.59. The van der Waals surface area contributed by atoms with Crippen molar-refractivity contribution in [1.29, 1.82) is 0 Å². The molecule has 0 radical (unpaired) electrons. The monoisotopic (exact) mass is 328 g/mol. The number of benzene rings is 1. The van der Waals surface area contributed by atoms with E-state index >= 15 is 0 Å². The summed E-state index contributed by atoms with van der Waals surface area (Å²) in [5.41, 5.74) is 6.74. The van der Waals surface area contributed by atoms with Crippen molar-refractivity contribution in [3.63, 3.8) is 0 Å². The molecule has 1 aromatic heterocycles. The molecule has 1 fully saturated rings. The second kappa shape index (κ2) is 7.05. The third-order valence-electron chi connectivity index (χ3n) is 4.89. The Kier molecular flexibility index (Phi) is 4.85. The van der Waals surface area contributed by atoms with Crippen molar-refractivity contribution in [3.8, 4) is 5.75 Å². The SMILES string of the molecule is CC1(c2[nH]ncc2C(N)=O)CCN(CCOc2ccccc2)CC1. The standard InChI is InChI=1S/C18H24N4O2/c1-18(16-15(17(19)23)13-20-21-16)7-9-22(10-8-18)11-12-24-14-5-3-2-4-6-14/h2-6,13H,7-12H2,1H3,(H2,19,23)(H,20,21). The van der Waals surface area contributed by atoms with E-state index in [9.17, 15) is 4.79 Å². The Balaban J connectivity index is 1.52. The van der Waals surface area contributed by atoms with Gasteiger partial charge in [-0.05, 0) is 38.1 Å². The number of piperidine rings is 1. The number of aromatic nitrogens is 2. The van der Waals surface area contributed by atoms with Crippen LogP contribution in [0.2, 0.25) is 0 Å². The van der Waals surface area contributed by atoms with Gasteiger partial charge in [-0.2, -0.15) is 5.10 Å². The molecular weight excluding hydrogens is 304 g/mol. The zero-order valence-corrected chi connectivity index (χ0v) is 14.0. The normalized spacial score (nSPS) is 17.5. The number of likely N-dealkylation sites (tertiary alicyclic amines) is 1. The van der Waals surface area contributed by atoms with Gasteiger partial charge in [0.25, 0.3) is 5.91 Å². The van der Waals surface area contributed by atoms with E-state index in [-0.39, 0.29) is 5.41 Å². The number of nitrogens with two attached hydrogens (primary N) is 1. The molecule has 6 heteroatoms. The van der Waals surface area contributed by atoms with E-state index in [1.54, 1.807) is 0 Å². The Morgan fingerprint density at radius 2 is 2.04 bits per heavy atom. The Morgan fingerprint density at radius 3 is 2.71 bits per heavy atom. The first-order valence-electron chi connectivity index (χ1n) is 8.32. The van der Waals surface area contributed by atoms with Crippen LogP contribution in [0.3, 0.4) is 0 Å². The van der Waals surface area contributed by atoms with Crippen molar-refractivity contribution in [1.82, 2.24) is 15.1 Å². The number of amides is 1. The van der Waals surface area contributed by atoms with Crippen molar-refractivity contribution in [2.45, 2.75) is 25.2 Å². The zero-order chi connectivity index (χ0) is 17.0. The van der Waals surface area contributed by atoms with E-state index in [4.69, 9.17) is 10.5 Å². The number of nitrogens with zero attached hydrogens (tertiary/aromatic N) is 2. The number of ether oxygens (including phenoxy) is 1. The van der Waals surface area contributed by atoms with Crippen LogP contribution in [-0.2, 0) is 5.41 Å². The average molecular weight is 328 g/mol. The number of carbonyl (C=O) groups is 1. The highest BCUT2D eigenvalue weighted by molar-refractivity contribution is 5.94. The molecule has 128 valence electrons. The molecule has 1 amide bonds. The van der Waals surface area contributed by atoms with Crippen LogP contribution >= 0.6 is 0 Å². The maximum absolute atomic E-state index is 11.5. The maximum Gasteiger partial charge on any atom is 0.252 e. The predicted octanol–water partition coefficient (Wildman–Crippen LogP) is 1.94. The molecule has 0 bridgehead atoms.